The first-order valence-electron chi connectivity index (χ1n) is 10.3. The first-order chi connectivity index (χ1) is 16.4. The molecule has 0 radical (unpaired) electrons. The topological polar surface area (TPSA) is 59.9 Å². The van der Waals surface area contributed by atoms with Gasteiger partial charge in [0, 0.05) is 9.50 Å². The van der Waals surface area contributed by atoms with E-state index in [1.807, 2.05) is 43.3 Å². The molecular weight excluding hydrogens is 543 g/mol. The Kier molecular flexibility index (Phi) is 7.92. The average molecular weight is 562 g/mol. The molecule has 0 aliphatic carbocycles. The van der Waals surface area contributed by atoms with Crippen molar-refractivity contribution in [3.05, 3.63) is 92.0 Å². The number of halogens is 3. The summed E-state index contributed by atoms with van der Waals surface area (Å²) >= 11 is 10.7. The van der Waals surface area contributed by atoms with E-state index in [1.165, 1.54) is 23.9 Å². The van der Waals surface area contributed by atoms with Crippen molar-refractivity contribution < 1.29 is 18.7 Å². The van der Waals surface area contributed by atoms with Gasteiger partial charge in [-0.1, -0.05) is 39.7 Å². The fraction of sp³-hybridized carbons (Fsp3) is 0.120. The number of aliphatic imine (C=N–C) groups is 1. The van der Waals surface area contributed by atoms with Crippen LogP contribution in [-0.2, 0) is 11.4 Å². The van der Waals surface area contributed by atoms with Crippen LogP contribution in [0.5, 0.6) is 11.5 Å². The Bertz CT molecular complexity index is 1260. The molecule has 0 spiro atoms. The van der Waals surface area contributed by atoms with E-state index in [0.717, 1.165) is 15.6 Å². The number of hydrogen-bond donors (Lipinski definition) is 1. The number of ether oxygens (including phenoxy) is 2. The van der Waals surface area contributed by atoms with Crippen molar-refractivity contribution >= 4 is 62.1 Å². The van der Waals surface area contributed by atoms with Crippen LogP contribution in [0.25, 0.3) is 6.08 Å². The van der Waals surface area contributed by atoms with Gasteiger partial charge in [0.2, 0.25) is 0 Å². The third kappa shape index (κ3) is 6.20. The Balaban J connectivity index is 1.55. The molecule has 3 aromatic carbocycles. The minimum absolute atomic E-state index is 0.265. The maximum atomic E-state index is 13.1. The van der Waals surface area contributed by atoms with Gasteiger partial charge in [-0.15, -0.1) is 0 Å². The molecule has 1 fully saturated rings. The van der Waals surface area contributed by atoms with Crippen molar-refractivity contribution in [3.8, 4) is 11.5 Å². The Morgan fingerprint density at radius 3 is 2.50 bits per heavy atom. The molecule has 1 aliphatic heterocycles. The van der Waals surface area contributed by atoms with Crippen molar-refractivity contribution in [2.75, 3.05) is 6.61 Å². The summed E-state index contributed by atoms with van der Waals surface area (Å²) in [5.74, 6) is 0.532. The fourth-order valence-corrected chi connectivity index (χ4v) is 4.43. The van der Waals surface area contributed by atoms with Crippen molar-refractivity contribution in [3.63, 3.8) is 0 Å². The van der Waals surface area contributed by atoms with Crippen LogP contribution in [-0.4, -0.2) is 17.7 Å². The lowest BCUT2D eigenvalue weighted by Crippen LogP contribution is -2.19. The predicted octanol–water partition coefficient (Wildman–Crippen LogP) is 7.11. The van der Waals surface area contributed by atoms with Gasteiger partial charge in [-0.05, 0) is 84.4 Å². The van der Waals surface area contributed by atoms with Crippen molar-refractivity contribution in [2.24, 2.45) is 4.99 Å². The summed E-state index contributed by atoms with van der Waals surface area (Å²) in [5.41, 5.74) is 2.27. The maximum absolute atomic E-state index is 13.1. The van der Waals surface area contributed by atoms with Crippen molar-refractivity contribution in [2.45, 2.75) is 13.5 Å². The lowest BCUT2D eigenvalue weighted by molar-refractivity contribution is -0.115. The van der Waals surface area contributed by atoms with Gasteiger partial charge in [-0.3, -0.25) is 4.79 Å². The zero-order chi connectivity index (χ0) is 24.1. The number of nitrogens with zero attached hydrogens (tertiary/aromatic N) is 1. The molecule has 3 aromatic rings. The quantitative estimate of drug-likeness (QED) is 0.312. The Labute approximate surface area is 214 Å². The number of amidine groups is 1. The zero-order valence-electron chi connectivity index (χ0n) is 18.0. The Morgan fingerprint density at radius 1 is 1.09 bits per heavy atom. The van der Waals surface area contributed by atoms with Crippen LogP contribution >= 0.6 is 39.3 Å². The number of carbonyl (C=O) groups excluding carboxylic acids is 1. The summed E-state index contributed by atoms with van der Waals surface area (Å²) in [7, 11) is 0. The Hall–Kier alpha value is -2.81. The van der Waals surface area contributed by atoms with Gasteiger partial charge in [0.1, 0.15) is 12.4 Å². The summed E-state index contributed by atoms with van der Waals surface area (Å²) < 4.78 is 25.6. The molecule has 1 amide bonds. The molecule has 1 N–H and O–H groups in total. The molecule has 1 saturated heterocycles. The molecule has 0 bridgehead atoms. The van der Waals surface area contributed by atoms with Crippen LogP contribution in [0.4, 0.5) is 10.1 Å². The van der Waals surface area contributed by atoms with Crippen LogP contribution < -0.4 is 14.8 Å². The summed E-state index contributed by atoms with van der Waals surface area (Å²) in [6.07, 6.45) is 1.75. The number of rotatable bonds is 7. The van der Waals surface area contributed by atoms with Gasteiger partial charge in [0.25, 0.3) is 5.91 Å². The summed E-state index contributed by atoms with van der Waals surface area (Å²) in [6.45, 7) is 2.70. The summed E-state index contributed by atoms with van der Waals surface area (Å²) in [6, 6.07) is 16.8. The van der Waals surface area contributed by atoms with Crippen LogP contribution in [0, 0.1) is 5.82 Å². The van der Waals surface area contributed by atoms with Crippen LogP contribution in [0.2, 0.25) is 5.02 Å². The van der Waals surface area contributed by atoms with E-state index in [-0.39, 0.29) is 11.7 Å². The molecular formula is C25H19BrClFN2O3S. The normalized spacial score (nSPS) is 15.6. The van der Waals surface area contributed by atoms with Gasteiger partial charge < -0.3 is 14.8 Å². The van der Waals surface area contributed by atoms with Crippen molar-refractivity contribution in [1.29, 1.82) is 0 Å². The minimum atomic E-state index is -0.344. The molecule has 34 heavy (non-hydrogen) atoms. The van der Waals surface area contributed by atoms with Gasteiger partial charge in [-0.25, -0.2) is 9.38 Å². The van der Waals surface area contributed by atoms with E-state index < -0.39 is 0 Å². The molecule has 174 valence electrons. The first kappa shape index (κ1) is 24.3. The third-order valence-corrected chi connectivity index (χ3v) is 6.51. The smallest absolute Gasteiger partial charge is 0.264 e. The molecule has 4 rings (SSSR count). The fourth-order valence-electron chi connectivity index (χ4n) is 3.04. The summed E-state index contributed by atoms with van der Waals surface area (Å²) in [4.78, 5) is 17.3. The number of benzene rings is 3. The molecule has 0 aromatic heterocycles. The second-order valence-electron chi connectivity index (χ2n) is 7.13. The zero-order valence-corrected chi connectivity index (χ0v) is 21.1. The SMILES string of the molecule is CCOc1cc(/C=C2/SC(=Nc3ccc(F)cc3)NC2=O)c(Br)cc1OCc1ccc(Cl)cc1. The van der Waals surface area contributed by atoms with Crippen LogP contribution in [0.3, 0.4) is 0 Å². The number of nitrogens with one attached hydrogen (secondary N) is 1. The number of thioether (sulfide) groups is 1. The van der Waals surface area contributed by atoms with Gasteiger partial charge in [0.15, 0.2) is 16.7 Å². The van der Waals surface area contributed by atoms with Crippen LogP contribution in [0.15, 0.2) is 75.0 Å². The second-order valence-corrected chi connectivity index (χ2v) is 9.45. The Morgan fingerprint density at radius 2 is 1.79 bits per heavy atom. The first-order valence-corrected chi connectivity index (χ1v) is 12.3. The maximum Gasteiger partial charge on any atom is 0.264 e. The highest BCUT2D eigenvalue weighted by Crippen LogP contribution is 2.37. The molecule has 0 atom stereocenters. The van der Waals surface area contributed by atoms with E-state index in [1.54, 1.807) is 18.2 Å². The van der Waals surface area contributed by atoms with E-state index in [9.17, 15) is 9.18 Å². The lowest BCUT2D eigenvalue weighted by Gasteiger charge is -2.14. The highest BCUT2D eigenvalue weighted by molar-refractivity contribution is 9.10. The molecule has 1 aliphatic rings. The standard InChI is InChI=1S/C25H19BrClFN2O3S/c1-2-32-21-11-16(20(26)13-22(21)33-14-15-3-5-17(27)6-4-15)12-23-24(31)30-25(34-23)29-19-9-7-18(28)8-10-19/h3-13H,2,14H2,1H3,(H,29,30,31)/b23-12+. The highest BCUT2D eigenvalue weighted by Gasteiger charge is 2.24. The monoisotopic (exact) mass is 560 g/mol. The number of amides is 1. The van der Waals surface area contributed by atoms with Gasteiger partial charge in [-0.2, -0.15) is 0 Å². The molecule has 0 saturated carbocycles. The van der Waals surface area contributed by atoms with Crippen molar-refractivity contribution in [1.82, 2.24) is 5.32 Å². The number of carbonyl (C=O) groups is 1. The van der Waals surface area contributed by atoms with E-state index >= 15 is 0 Å². The summed E-state index contributed by atoms with van der Waals surface area (Å²) in [5, 5.41) is 3.82. The number of hydrogen-bond acceptors (Lipinski definition) is 5. The largest absolute Gasteiger partial charge is 0.490 e. The van der Waals surface area contributed by atoms with Gasteiger partial charge in [0.05, 0.1) is 17.2 Å². The van der Waals surface area contributed by atoms with E-state index in [0.29, 0.717) is 45.5 Å². The average Bonchev–Trinajstić information content (AvgIpc) is 3.16. The molecule has 5 nitrogen and oxygen atoms in total. The minimum Gasteiger partial charge on any atom is -0.490 e. The molecule has 1 heterocycles. The molecule has 9 heteroatoms. The van der Waals surface area contributed by atoms with E-state index in [4.69, 9.17) is 21.1 Å². The van der Waals surface area contributed by atoms with Gasteiger partial charge >= 0.3 is 0 Å². The van der Waals surface area contributed by atoms with E-state index in [2.05, 4.69) is 26.2 Å². The lowest BCUT2D eigenvalue weighted by atomic mass is 10.1. The highest BCUT2D eigenvalue weighted by atomic mass is 79.9. The second kappa shape index (κ2) is 11.1. The van der Waals surface area contributed by atoms with Crippen LogP contribution in [0.1, 0.15) is 18.1 Å². The molecule has 0 unspecified atom stereocenters. The predicted molar refractivity (Wildman–Crippen MR) is 138 cm³/mol. The third-order valence-electron chi connectivity index (χ3n) is 4.67.